The predicted octanol–water partition coefficient (Wildman–Crippen LogP) is 4.91. The molecule has 3 rings (SSSR count). The fourth-order valence-corrected chi connectivity index (χ4v) is 4.10. The third-order valence-electron chi connectivity index (χ3n) is 4.91. The molecule has 20 heavy (non-hydrogen) atoms. The smallest absolute Gasteiger partial charge is 0.0329 e. The van der Waals surface area contributed by atoms with Gasteiger partial charge in [-0.3, -0.25) is 0 Å². The van der Waals surface area contributed by atoms with Crippen molar-refractivity contribution in [2.24, 2.45) is 23.5 Å². The molecular weight excluding hydrogens is 242 g/mol. The average Bonchev–Trinajstić information content (AvgIpc) is 2.45. The van der Waals surface area contributed by atoms with Gasteiger partial charge in [-0.2, -0.15) is 0 Å². The minimum atomic E-state index is 0.172. The van der Waals surface area contributed by atoms with E-state index in [0.717, 1.165) is 11.8 Å². The Labute approximate surface area is 122 Å². The molecule has 3 unspecified atom stereocenters. The third-order valence-corrected chi connectivity index (χ3v) is 4.91. The van der Waals surface area contributed by atoms with Crippen LogP contribution >= 0.6 is 0 Å². The van der Waals surface area contributed by atoms with E-state index in [0.29, 0.717) is 5.92 Å². The highest BCUT2D eigenvalue weighted by Crippen LogP contribution is 2.40. The molecule has 1 aliphatic carbocycles. The van der Waals surface area contributed by atoms with Gasteiger partial charge in [-0.25, -0.2) is 0 Å². The zero-order valence-electron chi connectivity index (χ0n) is 12.5. The van der Waals surface area contributed by atoms with Crippen molar-refractivity contribution in [3.63, 3.8) is 0 Å². The fraction of sp³-hybridized carbons (Fsp3) is 0.474. The number of nitrogens with two attached hydrogens (primary N) is 1. The summed E-state index contributed by atoms with van der Waals surface area (Å²) in [6.45, 7) is 4.75. The van der Waals surface area contributed by atoms with Crippen molar-refractivity contribution in [1.29, 1.82) is 0 Å². The summed E-state index contributed by atoms with van der Waals surface area (Å²) in [5, 5.41) is 2.63. The molecule has 1 fully saturated rings. The molecule has 2 aromatic rings. The number of hydrogen-bond acceptors (Lipinski definition) is 1. The molecule has 1 nitrogen and oxygen atoms in total. The van der Waals surface area contributed by atoms with Gasteiger partial charge in [-0.15, -0.1) is 0 Å². The van der Waals surface area contributed by atoms with Crippen molar-refractivity contribution < 1.29 is 0 Å². The molecule has 0 aliphatic heterocycles. The Kier molecular flexibility index (Phi) is 3.80. The Hall–Kier alpha value is -1.34. The van der Waals surface area contributed by atoms with Crippen LogP contribution in [0.4, 0.5) is 0 Å². The zero-order valence-corrected chi connectivity index (χ0v) is 12.5. The summed E-state index contributed by atoms with van der Waals surface area (Å²) in [6.07, 6.45) is 3.90. The molecule has 3 atom stereocenters. The van der Waals surface area contributed by atoms with Crippen LogP contribution in [0.25, 0.3) is 10.8 Å². The SMILES string of the molecule is CC1CC(C)CC(C(N)c2cccc3ccccc23)C1. The average molecular weight is 267 g/mol. The maximum atomic E-state index is 6.66. The van der Waals surface area contributed by atoms with E-state index in [1.807, 2.05) is 0 Å². The lowest BCUT2D eigenvalue weighted by molar-refractivity contribution is 0.194. The summed E-state index contributed by atoms with van der Waals surface area (Å²) in [4.78, 5) is 0. The first kappa shape index (κ1) is 13.6. The highest BCUT2D eigenvalue weighted by Gasteiger charge is 2.29. The van der Waals surface area contributed by atoms with Gasteiger partial charge in [0.1, 0.15) is 0 Å². The van der Waals surface area contributed by atoms with Crippen molar-refractivity contribution in [1.82, 2.24) is 0 Å². The molecule has 2 N–H and O–H groups in total. The molecule has 2 aromatic carbocycles. The Bertz CT molecular complexity index is 574. The van der Waals surface area contributed by atoms with Crippen LogP contribution < -0.4 is 5.73 Å². The molecular formula is C19H25N. The number of benzene rings is 2. The Morgan fingerprint density at radius 1 is 0.900 bits per heavy atom. The lowest BCUT2D eigenvalue weighted by Gasteiger charge is -2.35. The van der Waals surface area contributed by atoms with Gasteiger partial charge in [0.15, 0.2) is 0 Å². The molecule has 0 heterocycles. The minimum absolute atomic E-state index is 0.172. The van der Waals surface area contributed by atoms with Gasteiger partial charge in [0.25, 0.3) is 0 Å². The lowest BCUT2D eigenvalue weighted by atomic mass is 9.72. The third kappa shape index (κ3) is 2.60. The second kappa shape index (κ2) is 5.57. The van der Waals surface area contributed by atoms with Gasteiger partial charge in [-0.05, 0) is 53.4 Å². The molecule has 1 heteroatoms. The van der Waals surface area contributed by atoms with Gasteiger partial charge in [0.05, 0.1) is 0 Å². The van der Waals surface area contributed by atoms with E-state index in [1.165, 1.54) is 35.6 Å². The van der Waals surface area contributed by atoms with E-state index >= 15 is 0 Å². The van der Waals surface area contributed by atoms with Gasteiger partial charge in [-0.1, -0.05) is 56.3 Å². The lowest BCUT2D eigenvalue weighted by Crippen LogP contribution is -2.29. The molecule has 0 aromatic heterocycles. The van der Waals surface area contributed by atoms with Crippen LogP contribution in [0.1, 0.15) is 44.7 Å². The first-order valence-electron chi connectivity index (χ1n) is 7.88. The molecule has 1 saturated carbocycles. The van der Waals surface area contributed by atoms with Crippen molar-refractivity contribution in [3.8, 4) is 0 Å². The van der Waals surface area contributed by atoms with Crippen LogP contribution in [0.15, 0.2) is 42.5 Å². The van der Waals surface area contributed by atoms with E-state index in [1.54, 1.807) is 0 Å². The number of fused-ring (bicyclic) bond motifs is 1. The Morgan fingerprint density at radius 3 is 2.30 bits per heavy atom. The van der Waals surface area contributed by atoms with Crippen LogP contribution in [0.3, 0.4) is 0 Å². The molecule has 0 radical (unpaired) electrons. The standard InChI is InChI=1S/C19H25N/c1-13-10-14(2)12-16(11-13)19(20)18-9-5-7-15-6-3-4-8-17(15)18/h3-9,13-14,16,19H,10-12,20H2,1-2H3. The van der Waals surface area contributed by atoms with Crippen molar-refractivity contribution in [3.05, 3.63) is 48.0 Å². The summed E-state index contributed by atoms with van der Waals surface area (Å²) in [5.41, 5.74) is 7.99. The van der Waals surface area contributed by atoms with E-state index < -0.39 is 0 Å². The van der Waals surface area contributed by atoms with Crippen LogP contribution in [0.2, 0.25) is 0 Å². The Balaban J connectivity index is 1.94. The van der Waals surface area contributed by atoms with Crippen molar-refractivity contribution >= 4 is 10.8 Å². The van der Waals surface area contributed by atoms with Crippen molar-refractivity contribution in [2.45, 2.75) is 39.2 Å². The first-order chi connectivity index (χ1) is 9.65. The highest BCUT2D eigenvalue weighted by molar-refractivity contribution is 5.86. The molecule has 0 bridgehead atoms. The van der Waals surface area contributed by atoms with Gasteiger partial charge < -0.3 is 5.73 Å². The highest BCUT2D eigenvalue weighted by atomic mass is 14.7. The normalized spacial score (nSPS) is 28.4. The van der Waals surface area contributed by atoms with Gasteiger partial charge in [0.2, 0.25) is 0 Å². The first-order valence-corrected chi connectivity index (χ1v) is 7.88. The topological polar surface area (TPSA) is 26.0 Å². The maximum Gasteiger partial charge on any atom is 0.0329 e. The second-order valence-electron chi connectivity index (χ2n) is 6.77. The monoisotopic (exact) mass is 267 g/mol. The summed E-state index contributed by atoms with van der Waals surface area (Å²) in [5.74, 6) is 2.24. The van der Waals surface area contributed by atoms with Crippen LogP contribution in [0.5, 0.6) is 0 Å². The van der Waals surface area contributed by atoms with E-state index in [2.05, 4.69) is 56.3 Å². The minimum Gasteiger partial charge on any atom is -0.324 e. The molecule has 1 aliphatic rings. The van der Waals surface area contributed by atoms with Crippen molar-refractivity contribution in [2.75, 3.05) is 0 Å². The van der Waals surface area contributed by atoms with Gasteiger partial charge in [0, 0.05) is 6.04 Å². The van der Waals surface area contributed by atoms with Crippen LogP contribution in [0, 0.1) is 17.8 Å². The summed E-state index contributed by atoms with van der Waals surface area (Å²) in [7, 11) is 0. The number of rotatable bonds is 2. The molecule has 0 spiro atoms. The quantitative estimate of drug-likeness (QED) is 0.821. The Morgan fingerprint density at radius 2 is 1.55 bits per heavy atom. The molecule has 0 saturated heterocycles. The number of hydrogen-bond donors (Lipinski definition) is 1. The maximum absolute atomic E-state index is 6.66. The summed E-state index contributed by atoms with van der Waals surface area (Å²) in [6, 6.07) is 15.3. The van der Waals surface area contributed by atoms with Gasteiger partial charge >= 0.3 is 0 Å². The van der Waals surface area contributed by atoms with E-state index in [9.17, 15) is 0 Å². The fourth-order valence-electron chi connectivity index (χ4n) is 4.10. The van der Waals surface area contributed by atoms with E-state index in [-0.39, 0.29) is 6.04 Å². The zero-order chi connectivity index (χ0) is 14.1. The second-order valence-corrected chi connectivity index (χ2v) is 6.77. The van der Waals surface area contributed by atoms with Crippen LogP contribution in [-0.2, 0) is 0 Å². The molecule has 106 valence electrons. The van der Waals surface area contributed by atoms with Crippen LogP contribution in [-0.4, -0.2) is 0 Å². The predicted molar refractivity (Wildman–Crippen MR) is 86.5 cm³/mol. The summed E-state index contributed by atoms with van der Waals surface area (Å²) >= 11 is 0. The summed E-state index contributed by atoms with van der Waals surface area (Å²) < 4.78 is 0. The largest absolute Gasteiger partial charge is 0.324 e. The van der Waals surface area contributed by atoms with E-state index in [4.69, 9.17) is 5.73 Å². The molecule has 0 amide bonds.